The lowest BCUT2D eigenvalue weighted by Gasteiger charge is -2.22. The summed E-state index contributed by atoms with van der Waals surface area (Å²) in [5.41, 5.74) is 5.87. The van der Waals surface area contributed by atoms with Crippen molar-refractivity contribution in [1.29, 1.82) is 0 Å². The molecule has 0 amide bonds. The number of nitrogens with zero attached hydrogens (tertiary/aromatic N) is 2. The van der Waals surface area contributed by atoms with Gasteiger partial charge in [0.2, 0.25) is 0 Å². The van der Waals surface area contributed by atoms with E-state index in [0.29, 0.717) is 18.1 Å². The van der Waals surface area contributed by atoms with E-state index in [1.54, 1.807) is 0 Å². The van der Waals surface area contributed by atoms with Gasteiger partial charge in [0.05, 0.1) is 5.52 Å². The molecule has 0 unspecified atom stereocenters. The van der Waals surface area contributed by atoms with E-state index >= 15 is 0 Å². The van der Waals surface area contributed by atoms with E-state index in [4.69, 9.17) is 4.74 Å². The van der Waals surface area contributed by atoms with Crippen LogP contribution in [0.4, 0.5) is 0 Å². The van der Waals surface area contributed by atoms with Gasteiger partial charge >= 0.3 is 5.69 Å². The Balaban J connectivity index is 1.63. The predicted molar refractivity (Wildman–Crippen MR) is 106 cm³/mol. The maximum Gasteiger partial charge on any atom is 0.327 e. The molecule has 138 valence electrons. The Morgan fingerprint density at radius 2 is 2.11 bits per heavy atom. The summed E-state index contributed by atoms with van der Waals surface area (Å²) in [5, 5.41) is 1.17. The summed E-state index contributed by atoms with van der Waals surface area (Å²) >= 11 is 0. The molecule has 5 rings (SSSR count). The van der Waals surface area contributed by atoms with Gasteiger partial charge in [0.15, 0.2) is 5.65 Å². The van der Waals surface area contributed by atoms with Gasteiger partial charge in [-0.3, -0.25) is 9.55 Å². The summed E-state index contributed by atoms with van der Waals surface area (Å²) in [4.78, 5) is 23.3. The fourth-order valence-electron chi connectivity index (χ4n) is 4.16. The molecule has 2 N–H and O–H groups in total. The molecule has 1 saturated heterocycles. The quantitative estimate of drug-likeness (QED) is 0.585. The van der Waals surface area contributed by atoms with Crippen molar-refractivity contribution < 1.29 is 4.74 Å². The molecule has 0 atom stereocenters. The highest BCUT2D eigenvalue weighted by Gasteiger charge is 2.20. The number of aryl methyl sites for hydroxylation is 1. The summed E-state index contributed by atoms with van der Waals surface area (Å²) in [6.07, 6.45) is 5.80. The summed E-state index contributed by atoms with van der Waals surface area (Å²) in [5.74, 6) is 0.467. The van der Waals surface area contributed by atoms with Gasteiger partial charge in [-0.1, -0.05) is 6.07 Å². The fraction of sp³-hybridized carbons (Fsp3) is 0.333. The smallest absolute Gasteiger partial charge is 0.327 e. The normalized spacial score (nSPS) is 15.7. The second kappa shape index (κ2) is 6.39. The number of imidazole rings is 1. The number of rotatable bonds is 3. The first kappa shape index (κ1) is 16.3. The zero-order valence-electron chi connectivity index (χ0n) is 15.3. The van der Waals surface area contributed by atoms with Gasteiger partial charge in [-0.25, -0.2) is 9.78 Å². The molecule has 1 aliphatic rings. The minimum atomic E-state index is -0.0784. The van der Waals surface area contributed by atoms with Crippen molar-refractivity contribution in [3.05, 3.63) is 52.7 Å². The predicted octanol–water partition coefficient (Wildman–Crippen LogP) is 3.61. The van der Waals surface area contributed by atoms with E-state index in [-0.39, 0.29) is 5.69 Å². The van der Waals surface area contributed by atoms with Crippen LogP contribution in [0, 0.1) is 12.8 Å². The Hall–Kier alpha value is -2.86. The maximum atomic E-state index is 12.6. The average molecular weight is 362 g/mol. The van der Waals surface area contributed by atoms with Crippen LogP contribution in [0.3, 0.4) is 0 Å². The first-order valence-corrected chi connectivity index (χ1v) is 9.44. The van der Waals surface area contributed by atoms with Crippen LogP contribution in [-0.2, 0) is 11.3 Å². The van der Waals surface area contributed by atoms with Crippen LogP contribution in [-0.4, -0.2) is 32.7 Å². The van der Waals surface area contributed by atoms with Crippen LogP contribution >= 0.6 is 0 Å². The number of hydrogen-bond acceptors (Lipinski definition) is 3. The number of aromatic nitrogens is 4. The molecule has 27 heavy (non-hydrogen) atoms. The standard InChI is InChI=1S/C21H22N4O2/c1-13-17(15-2-3-18-16(10-15)4-7-22-18)11-23-20-19(13)25(21(26)24-20)12-14-5-8-27-9-6-14/h2-4,7,10-11,14,22H,5-6,8-9,12H2,1H3,(H,23,24,26). The Labute approximate surface area is 156 Å². The van der Waals surface area contributed by atoms with E-state index in [1.165, 1.54) is 5.39 Å². The van der Waals surface area contributed by atoms with Crippen LogP contribution in [0.1, 0.15) is 18.4 Å². The maximum absolute atomic E-state index is 12.6. The highest BCUT2D eigenvalue weighted by atomic mass is 16.5. The number of fused-ring (bicyclic) bond motifs is 2. The number of nitrogens with one attached hydrogen (secondary N) is 2. The zero-order valence-corrected chi connectivity index (χ0v) is 15.3. The SMILES string of the molecule is Cc1c(-c2ccc3[nH]ccc3c2)cnc2[nH]c(=O)n(CC3CCOCC3)c12. The topological polar surface area (TPSA) is 75.7 Å². The van der Waals surface area contributed by atoms with Crippen LogP contribution in [0.15, 0.2) is 41.5 Å². The Bertz CT molecular complexity index is 1180. The molecule has 0 radical (unpaired) electrons. The van der Waals surface area contributed by atoms with Crippen molar-refractivity contribution in [2.24, 2.45) is 5.92 Å². The van der Waals surface area contributed by atoms with Crippen LogP contribution in [0.2, 0.25) is 0 Å². The minimum Gasteiger partial charge on any atom is -0.381 e. The van der Waals surface area contributed by atoms with Gasteiger partial charge in [0, 0.05) is 43.2 Å². The van der Waals surface area contributed by atoms with E-state index in [0.717, 1.165) is 53.8 Å². The molecule has 4 aromatic rings. The minimum absolute atomic E-state index is 0.0784. The molecule has 1 aliphatic heterocycles. The number of benzene rings is 1. The molecule has 0 saturated carbocycles. The zero-order chi connectivity index (χ0) is 18.4. The van der Waals surface area contributed by atoms with Gasteiger partial charge in [0.1, 0.15) is 0 Å². The summed E-state index contributed by atoms with van der Waals surface area (Å²) < 4.78 is 7.32. The number of ether oxygens (including phenoxy) is 1. The van der Waals surface area contributed by atoms with E-state index < -0.39 is 0 Å². The summed E-state index contributed by atoms with van der Waals surface area (Å²) in [6.45, 7) is 4.35. The van der Waals surface area contributed by atoms with E-state index in [2.05, 4.69) is 46.1 Å². The first-order valence-electron chi connectivity index (χ1n) is 9.44. The second-order valence-electron chi connectivity index (χ2n) is 7.37. The third-order valence-electron chi connectivity index (χ3n) is 5.69. The van der Waals surface area contributed by atoms with E-state index in [9.17, 15) is 4.79 Å². The lowest BCUT2D eigenvalue weighted by molar-refractivity contribution is 0.0613. The molecule has 1 aromatic carbocycles. The Kier molecular flexibility index (Phi) is 3.86. The van der Waals surface area contributed by atoms with Gasteiger partial charge in [-0.05, 0) is 60.4 Å². The number of pyridine rings is 1. The number of H-pyrrole nitrogens is 2. The molecular weight excluding hydrogens is 340 g/mol. The number of hydrogen-bond donors (Lipinski definition) is 2. The molecule has 4 heterocycles. The third-order valence-corrected chi connectivity index (χ3v) is 5.69. The lowest BCUT2D eigenvalue weighted by atomic mass is 9.99. The van der Waals surface area contributed by atoms with Gasteiger partial charge < -0.3 is 9.72 Å². The molecule has 1 fully saturated rings. The van der Waals surface area contributed by atoms with E-state index in [1.807, 2.05) is 17.0 Å². The molecule has 0 spiro atoms. The van der Waals surface area contributed by atoms with Gasteiger partial charge in [-0.2, -0.15) is 0 Å². The second-order valence-corrected chi connectivity index (χ2v) is 7.37. The summed E-state index contributed by atoms with van der Waals surface area (Å²) in [7, 11) is 0. The fourth-order valence-corrected chi connectivity index (χ4v) is 4.16. The lowest BCUT2D eigenvalue weighted by Crippen LogP contribution is -2.26. The van der Waals surface area contributed by atoms with Crippen molar-refractivity contribution in [3.8, 4) is 11.1 Å². The Morgan fingerprint density at radius 3 is 2.96 bits per heavy atom. The average Bonchev–Trinajstić information content (AvgIpc) is 3.27. The van der Waals surface area contributed by atoms with Gasteiger partial charge in [0.25, 0.3) is 0 Å². The molecule has 0 aliphatic carbocycles. The van der Waals surface area contributed by atoms with Gasteiger partial charge in [-0.15, -0.1) is 0 Å². The van der Waals surface area contributed by atoms with Crippen molar-refractivity contribution >= 4 is 22.1 Å². The van der Waals surface area contributed by atoms with Crippen molar-refractivity contribution in [1.82, 2.24) is 19.5 Å². The highest BCUT2D eigenvalue weighted by Crippen LogP contribution is 2.30. The van der Waals surface area contributed by atoms with Crippen molar-refractivity contribution in [2.75, 3.05) is 13.2 Å². The highest BCUT2D eigenvalue weighted by molar-refractivity contribution is 5.89. The molecule has 0 bridgehead atoms. The molecular formula is C21H22N4O2. The Morgan fingerprint density at radius 1 is 1.26 bits per heavy atom. The van der Waals surface area contributed by atoms with Crippen LogP contribution in [0.25, 0.3) is 33.2 Å². The van der Waals surface area contributed by atoms with Crippen molar-refractivity contribution in [3.63, 3.8) is 0 Å². The largest absolute Gasteiger partial charge is 0.381 e. The van der Waals surface area contributed by atoms with Crippen molar-refractivity contribution in [2.45, 2.75) is 26.3 Å². The van der Waals surface area contributed by atoms with Crippen LogP contribution in [0.5, 0.6) is 0 Å². The molecule has 3 aromatic heterocycles. The van der Waals surface area contributed by atoms with Crippen LogP contribution < -0.4 is 5.69 Å². The number of aromatic amines is 2. The summed E-state index contributed by atoms with van der Waals surface area (Å²) in [6, 6.07) is 8.41. The first-order chi connectivity index (χ1) is 13.2. The third kappa shape index (κ3) is 2.77. The molecule has 6 nitrogen and oxygen atoms in total. The molecule has 6 heteroatoms. The monoisotopic (exact) mass is 362 g/mol.